The van der Waals surface area contributed by atoms with Crippen LogP contribution in [-0.2, 0) is 11.3 Å². The van der Waals surface area contributed by atoms with Gasteiger partial charge >= 0.3 is 0 Å². The monoisotopic (exact) mass is 538 g/mol. The number of nitrogen functional groups attached to an aromatic ring is 1. The van der Waals surface area contributed by atoms with E-state index in [4.69, 9.17) is 16.2 Å². The number of carbonyl (C=O) groups is 3. The van der Waals surface area contributed by atoms with E-state index in [0.29, 0.717) is 30.8 Å². The summed E-state index contributed by atoms with van der Waals surface area (Å²) in [5.41, 5.74) is 13.7. The second-order valence-electron chi connectivity index (χ2n) is 9.73. The predicted octanol–water partition coefficient (Wildman–Crippen LogP) is 2.44. The fourth-order valence-electron chi connectivity index (χ4n) is 4.88. The molecule has 5 N–H and O–H groups in total. The Morgan fingerprint density at radius 2 is 1.90 bits per heavy atom. The van der Waals surface area contributed by atoms with E-state index in [1.54, 1.807) is 29.2 Å². The number of alkyl halides is 1. The van der Waals surface area contributed by atoms with Gasteiger partial charge in [0.25, 0.3) is 11.8 Å². The van der Waals surface area contributed by atoms with Crippen molar-refractivity contribution >= 4 is 23.5 Å². The van der Waals surface area contributed by atoms with E-state index < -0.39 is 29.7 Å². The molecule has 0 spiro atoms. The quantitative estimate of drug-likeness (QED) is 0.402. The van der Waals surface area contributed by atoms with Gasteiger partial charge in [0.1, 0.15) is 34.8 Å². The molecule has 12 heteroatoms. The molecule has 2 fully saturated rings. The lowest BCUT2D eigenvalue weighted by Gasteiger charge is -2.17. The summed E-state index contributed by atoms with van der Waals surface area (Å²) in [5.74, 6) is -2.19. The number of methoxy groups -OCH3 is 1. The Balaban J connectivity index is 1.31. The molecule has 2 aliphatic rings. The molecule has 2 heterocycles. The van der Waals surface area contributed by atoms with Crippen LogP contribution in [0.2, 0.25) is 0 Å². The fraction of sp³-hybridized carbons (Fsp3) is 0.333. The number of aromatic nitrogens is 2. The van der Waals surface area contributed by atoms with Crippen molar-refractivity contribution in [3.8, 4) is 17.0 Å². The second-order valence-corrected chi connectivity index (χ2v) is 9.73. The van der Waals surface area contributed by atoms with Crippen LogP contribution in [0.5, 0.6) is 5.75 Å². The van der Waals surface area contributed by atoms with E-state index in [1.807, 2.05) is 0 Å². The number of hydrogen-bond donors (Lipinski definition) is 3. The minimum atomic E-state index is -1.07. The highest BCUT2D eigenvalue weighted by molar-refractivity contribution is 6.03. The number of hydrogen-bond acceptors (Lipinski definition) is 6. The molecule has 204 valence electrons. The molecule has 1 aromatic heterocycles. The Bertz CT molecular complexity index is 1440. The number of anilines is 1. The van der Waals surface area contributed by atoms with Gasteiger partial charge in [-0.05, 0) is 36.6 Å². The lowest BCUT2D eigenvalue weighted by molar-refractivity contribution is -0.132. The first kappa shape index (κ1) is 26.1. The Hall–Kier alpha value is -4.48. The maximum atomic E-state index is 13.6. The summed E-state index contributed by atoms with van der Waals surface area (Å²) in [4.78, 5) is 38.9. The lowest BCUT2D eigenvalue weighted by atomic mass is 10.0. The van der Waals surface area contributed by atoms with Gasteiger partial charge in [-0.1, -0.05) is 24.3 Å². The summed E-state index contributed by atoms with van der Waals surface area (Å²) < 4.78 is 33.6. The van der Waals surface area contributed by atoms with Crippen molar-refractivity contribution in [3.05, 3.63) is 65.0 Å². The molecule has 10 nitrogen and oxygen atoms in total. The Morgan fingerprint density at radius 1 is 1.18 bits per heavy atom. The number of halogens is 2. The molecule has 0 bridgehead atoms. The van der Waals surface area contributed by atoms with Gasteiger partial charge in [-0.3, -0.25) is 14.4 Å². The minimum absolute atomic E-state index is 0.0741. The van der Waals surface area contributed by atoms with E-state index >= 15 is 0 Å². The van der Waals surface area contributed by atoms with E-state index in [0.717, 1.165) is 11.6 Å². The number of likely N-dealkylation sites (tertiary alicyclic amines) is 1. The first-order chi connectivity index (χ1) is 18.7. The van der Waals surface area contributed by atoms with Gasteiger partial charge < -0.3 is 26.4 Å². The Kier molecular flexibility index (Phi) is 6.94. The van der Waals surface area contributed by atoms with E-state index in [9.17, 15) is 23.2 Å². The van der Waals surface area contributed by atoms with Gasteiger partial charge in [0.15, 0.2) is 0 Å². The van der Waals surface area contributed by atoms with Crippen molar-refractivity contribution in [2.24, 2.45) is 11.7 Å². The molecule has 1 saturated carbocycles. The third-order valence-corrected chi connectivity index (χ3v) is 7.13. The van der Waals surface area contributed by atoms with Crippen LogP contribution in [0, 0.1) is 11.7 Å². The second kappa shape index (κ2) is 10.4. The smallest absolute Gasteiger partial charge is 0.255 e. The third kappa shape index (κ3) is 5.14. The van der Waals surface area contributed by atoms with Gasteiger partial charge in [-0.25, -0.2) is 13.5 Å². The van der Waals surface area contributed by atoms with Crippen molar-refractivity contribution in [1.29, 1.82) is 0 Å². The molecule has 1 aliphatic heterocycles. The largest absolute Gasteiger partial charge is 0.496 e. The average molecular weight is 539 g/mol. The predicted molar refractivity (Wildman–Crippen MR) is 138 cm³/mol. The molecule has 1 unspecified atom stereocenters. The topological polar surface area (TPSA) is 146 Å². The molecule has 2 aromatic carbocycles. The minimum Gasteiger partial charge on any atom is -0.496 e. The van der Waals surface area contributed by atoms with Crippen LogP contribution in [0.3, 0.4) is 0 Å². The number of carbonyl (C=O) groups excluding carboxylic acids is 3. The van der Waals surface area contributed by atoms with Crippen molar-refractivity contribution in [2.75, 3.05) is 25.9 Å². The van der Waals surface area contributed by atoms with Crippen LogP contribution in [-0.4, -0.2) is 58.8 Å². The van der Waals surface area contributed by atoms with Gasteiger partial charge in [0.05, 0.1) is 24.6 Å². The number of nitrogens with two attached hydrogens (primary N) is 2. The normalized spacial score (nSPS) is 20.1. The van der Waals surface area contributed by atoms with Crippen molar-refractivity contribution in [2.45, 2.75) is 31.6 Å². The molecule has 1 aliphatic carbocycles. The molecule has 3 amide bonds. The summed E-state index contributed by atoms with van der Waals surface area (Å²) in [6.07, 6.45) is -0.244. The zero-order valence-corrected chi connectivity index (χ0v) is 21.2. The van der Waals surface area contributed by atoms with E-state index in [-0.39, 0.29) is 47.6 Å². The lowest BCUT2D eigenvalue weighted by Crippen LogP contribution is -2.31. The Morgan fingerprint density at radius 3 is 2.54 bits per heavy atom. The molecule has 1 saturated heterocycles. The van der Waals surface area contributed by atoms with Crippen molar-refractivity contribution in [3.63, 3.8) is 0 Å². The fourth-order valence-corrected chi connectivity index (χ4v) is 4.88. The number of ether oxygens (including phenoxy) is 1. The van der Waals surface area contributed by atoms with E-state index in [1.165, 1.54) is 23.9 Å². The van der Waals surface area contributed by atoms with Gasteiger partial charge in [0, 0.05) is 25.2 Å². The summed E-state index contributed by atoms with van der Waals surface area (Å²) >= 11 is 0. The zero-order chi connectivity index (χ0) is 27.8. The molecular formula is C27H28F2N6O4. The van der Waals surface area contributed by atoms with Crippen molar-refractivity contribution in [1.82, 2.24) is 20.0 Å². The molecule has 39 heavy (non-hydrogen) atoms. The maximum absolute atomic E-state index is 13.6. The van der Waals surface area contributed by atoms with Crippen LogP contribution >= 0.6 is 0 Å². The summed E-state index contributed by atoms with van der Waals surface area (Å²) in [6.45, 7) is 0.931. The van der Waals surface area contributed by atoms with Crippen LogP contribution in [0.1, 0.15) is 45.2 Å². The number of nitrogens with zero attached hydrogens (tertiary/aromatic N) is 3. The first-order valence-electron chi connectivity index (χ1n) is 12.5. The molecule has 0 radical (unpaired) electrons. The standard InChI is InChI=1S/C27H28F2N6O4/c1-39-21-7-6-16(28)10-19(21)26(37)32-12-14-2-4-15(5-3-14)23-22(25(31)36)24(30)35(33-23)17-8-9-34(13-17)27(38)18-11-20(18)29/h2-7,10,17-18,20H,8-9,11-13,30H2,1H3,(H2,31,36)(H,32,37)/t17?,18-,20-/m1/s1. The van der Waals surface area contributed by atoms with Gasteiger partial charge in [-0.2, -0.15) is 5.10 Å². The highest BCUT2D eigenvalue weighted by atomic mass is 19.1. The maximum Gasteiger partial charge on any atom is 0.255 e. The highest BCUT2D eigenvalue weighted by Gasteiger charge is 2.47. The average Bonchev–Trinajstić information content (AvgIpc) is 3.30. The SMILES string of the molecule is COc1ccc(F)cc1C(=O)NCc1ccc(-c2nn(C3CCN(C(=O)[C@@H]4C[C@H]4F)C3)c(N)c2C(N)=O)cc1. The molecule has 3 aromatic rings. The zero-order valence-electron chi connectivity index (χ0n) is 21.2. The summed E-state index contributed by atoms with van der Waals surface area (Å²) in [5, 5.41) is 7.31. The number of amides is 3. The number of primary amides is 1. The Labute approximate surface area is 222 Å². The number of nitrogens with one attached hydrogen (secondary N) is 1. The number of rotatable bonds is 8. The van der Waals surface area contributed by atoms with Gasteiger partial charge in [0.2, 0.25) is 5.91 Å². The summed E-state index contributed by atoms with van der Waals surface area (Å²) in [7, 11) is 1.40. The third-order valence-electron chi connectivity index (χ3n) is 7.13. The first-order valence-corrected chi connectivity index (χ1v) is 12.5. The highest BCUT2D eigenvalue weighted by Crippen LogP contribution is 2.38. The number of benzene rings is 2. The molecular weight excluding hydrogens is 510 g/mol. The van der Waals surface area contributed by atoms with Crippen LogP contribution in [0.4, 0.5) is 14.6 Å². The molecule has 5 rings (SSSR count). The van der Waals surface area contributed by atoms with Crippen LogP contribution in [0.15, 0.2) is 42.5 Å². The van der Waals surface area contributed by atoms with Crippen LogP contribution < -0.4 is 21.5 Å². The summed E-state index contributed by atoms with van der Waals surface area (Å²) in [6, 6.07) is 10.4. The van der Waals surface area contributed by atoms with Crippen LogP contribution in [0.25, 0.3) is 11.3 Å². The molecule has 3 atom stereocenters. The van der Waals surface area contributed by atoms with E-state index in [2.05, 4.69) is 10.4 Å². The van der Waals surface area contributed by atoms with Crippen molar-refractivity contribution < 1.29 is 27.9 Å². The van der Waals surface area contributed by atoms with Gasteiger partial charge in [-0.15, -0.1) is 0 Å².